The van der Waals surface area contributed by atoms with E-state index in [0.717, 1.165) is 36.7 Å². The Labute approximate surface area is 124 Å². The summed E-state index contributed by atoms with van der Waals surface area (Å²) in [4.78, 5) is 0. The number of nitrogens with one attached hydrogen (secondary N) is 1. The van der Waals surface area contributed by atoms with Crippen molar-refractivity contribution < 1.29 is 0 Å². The van der Waals surface area contributed by atoms with Crippen LogP contribution in [0.15, 0.2) is 6.07 Å². The normalized spacial score (nSPS) is 23.4. The van der Waals surface area contributed by atoms with Crippen LogP contribution in [0.5, 0.6) is 0 Å². The Bertz CT molecular complexity index is 408. The van der Waals surface area contributed by atoms with Gasteiger partial charge in [-0.25, -0.2) is 0 Å². The number of hydrogen-bond acceptors (Lipinski definition) is 2. The molecule has 1 saturated carbocycles. The molecule has 0 saturated heterocycles. The van der Waals surface area contributed by atoms with Crippen molar-refractivity contribution in [2.24, 2.45) is 11.8 Å². The third kappa shape index (κ3) is 4.08. The SMILES string of the molecule is Cc1cc(C)n(CCCNC2CCCCC2C(C)C)n1. The molecule has 0 radical (unpaired) electrons. The predicted octanol–water partition coefficient (Wildman–Crippen LogP) is 3.69. The zero-order chi connectivity index (χ0) is 14.5. The Morgan fingerprint density at radius 3 is 2.70 bits per heavy atom. The third-order valence-corrected chi connectivity index (χ3v) is 4.73. The maximum Gasteiger partial charge on any atom is 0.0596 e. The topological polar surface area (TPSA) is 29.9 Å². The Morgan fingerprint density at radius 2 is 2.05 bits per heavy atom. The lowest BCUT2D eigenvalue weighted by Crippen LogP contribution is -2.41. The number of aryl methyl sites for hydroxylation is 3. The highest BCUT2D eigenvalue weighted by atomic mass is 15.3. The molecule has 0 aromatic carbocycles. The van der Waals surface area contributed by atoms with Gasteiger partial charge in [-0.2, -0.15) is 5.10 Å². The fourth-order valence-electron chi connectivity index (χ4n) is 3.63. The molecule has 0 spiro atoms. The summed E-state index contributed by atoms with van der Waals surface area (Å²) in [6.45, 7) is 11.1. The van der Waals surface area contributed by atoms with Crippen LogP contribution in [0.4, 0.5) is 0 Å². The summed E-state index contributed by atoms with van der Waals surface area (Å²) < 4.78 is 2.14. The van der Waals surface area contributed by atoms with E-state index < -0.39 is 0 Å². The van der Waals surface area contributed by atoms with Gasteiger partial charge in [-0.15, -0.1) is 0 Å². The summed E-state index contributed by atoms with van der Waals surface area (Å²) in [5.74, 6) is 1.68. The molecule has 20 heavy (non-hydrogen) atoms. The van der Waals surface area contributed by atoms with Gasteiger partial charge in [-0.1, -0.05) is 26.7 Å². The first-order valence-corrected chi connectivity index (χ1v) is 8.32. The van der Waals surface area contributed by atoms with Gasteiger partial charge in [0, 0.05) is 18.3 Å². The monoisotopic (exact) mass is 277 g/mol. The van der Waals surface area contributed by atoms with Gasteiger partial charge in [-0.3, -0.25) is 4.68 Å². The molecule has 0 bridgehead atoms. The average molecular weight is 277 g/mol. The van der Waals surface area contributed by atoms with Crippen LogP contribution in [-0.4, -0.2) is 22.4 Å². The van der Waals surface area contributed by atoms with Crippen LogP contribution >= 0.6 is 0 Å². The Kier molecular flexibility index (Phi) is 5.64. The lowest BCUT2D eigenvalue weighted by Gasteiger charge is -2.35. The van der Waals surface area contributed by atoms with Crippen molar-refractivity contribution in [3.8, 4) is 0 Å². The molecular formula is C17H31N3. The highest BCUT2D eigenvalue weighted by molar-refractivity contribution is 5.06. The van der Waals surface area contributed by atoms with Gasteiger partial charge >= 0.3 is 0 Å². The molecule has 114 valence electrons. The van der Waals surface area contributed by atoms with E-state index in [4.69, 9.17) is 0 Å². The largest absolute Gasteiger partial charge is 0.314 e. The van der Waals surface area contributed by atoms with Gasteiger partial charge < -0.3 is 5.32 Å². The average Bonchev–Trinajstić information content (AvgIpc) is 2.73. The molecule has 3 nitrogen and oxygen atoms in total. The van der Waals surface area contributed by atoms with E-state index in [2.05, 4.69) is 48.9 Å². The Balaban J connectivity index is 1.73. The molecule has 0 aliphatic heterocycles. The molecule has 2 unspecified atom stereocenters. The summed E-state index contributed by atoms with van der Waals surface area (Å²) in [6.07, 6.45) is 6.77. The fourth-order valence-corrected chi connectivity index (χ4v) is 3.63. The minimum Gasteiger partial charge on any atom is -0.314 e. The standard InChI is InChI=1S/C17H31N3/c1-13(2)16-8-5-6-9-17(16)18-10-7-11-20-15(4)12-14(3)19-20/h12-13,16-18H,5-11H2,1-4H3. The second-order valence-corrected chi connectivity index (χ2v) is 6.76. The van der Waals surface area contributed by atoms with Crippen LogP contribution in [0.1, 0.15) is 57.3 Å². The Morgan fingerprint density at radius 1 is 1.30 bits per heavy atom. The minimum absolute atomic E-state index is 0.740. The maximum absolute atomic E-state index is 4.53. The van der Waals surface area contributed by atoms with E-state index in [1.54, 1.807) is 0 Å². The highest BCUT2D eigenvalue weighted by Crippen LogP contribution is 2.30. The van der Waals surface area contributed by atoms with Crippen LogP contribution < -0.4 is 5.32 Å². The first-order chi connectivity index (χ1) is 9.58. The molecule has 3 heteroatoms. The summed E-state index contributed by atoms with van der Waals surface area (Å²) in [5, 5.41) is 8.34. The molecular weight excluding hydrogens is 246 g/mol. The number of aromatic nitrogens is 2. The molecule has 1 aliphatic rings. The van der Waals surface area contributed by atoms with Crippen molar-refractivity contribution in [3.63, 3.8) is 0 Å². The zero-order valence-electron chi connectivity index (χ0n) is 13.7. The molecule has 0 amide bonds. The lowest BCUT2D eigenvalue weighted by molar-refractivity contribution is 0.205. The molecule has 2 atom stereocenters. The smallest absolute Gasteiger partial charge is 0.0596 e. The summed E-state index contributed by atoms with van der Waals surface area (Å²) in [7, 11) is 0. The van der Waals surface area contributed by atoms with Crippen LogP contribution in [0.3, 0.4) is 0 Å². The number of hydrogen-bond donors (Lipinski definition) is 1. The van der Waals surface area contributed by atoms with Gasteiger partial charge in [0.25, 0.3) is 0 Å². The van der Waals surface area contributed by atoms with Crippen LogP contribution in [0.2, 0.25) is 0 Å². The van der Waals surface area contributed by atoms with Crippen molar-refractivity contribution in [1.82, 2.24) is 15.1 Å². The zero-order valence-corrected chi connectivity index (χ0v) is 13.7. The number of rotatable bonds is 6. The highest BCUT2D eigenvalue weighted by Gasteiger charge is 2.26. The van der Waals surface area contributed by atoms with Gasteiger partial charge in [-0.05, 0) is 57.6 Å². The molecule has 2 rings (SSSR count). The maximum atomic E-state index is 4.53. The van der Waals surface area contributed by atoms with E-state index >= 15 is 0 Å². The molecule has 1 aromatic rings. The molecule has 1 heterocycles. The van der Waals surface area contributed by atoms with Crippen LogP contribution in [-0.2, 0) is 6.54 Å². The molecule has 1 fully saturated rings. The van der Waals surface area contributed by atoms with E-state index in [1.165, 1.54) is 37.8 Å². The molecule has 1 N–H and O–H groups in total. The first-order valence-electron chi connectivity index (χ1n) is 8.32. The van der Waals surface area contributed by atoms with Crippen molar-refractivity contribution >= 4 is 0 Å². The molecule has 1 aliphatic carbocycles. The first kappa shape index (κ1) is 15.6. The van der Waals surface area contributed by atoms with Gasteiger partial charge in [0.05, 0.1) is 5.69 Å². The number of nitrogens with zero attached hydrogens (tertiary/aromatic N) is 2. The molecule has 1 aromatic heterocycles. The van der Waals surface area contributed by atoms with E-state index in [0.29, 0.717) is 0 Å². The van der Waals surface area contributed by atoms with Crippen molar-refractivity contribution in [3.05, 3.63) is 17.5 Å². The summed E-state index contributed by atoms with van der Waals surface area (Å²) >= 11 is 0. The predicted molar refractivity (Wildman–Crippen MR) is 84.9 cm³/mol. The summed E-state index contributed by atoms with van der Waals surface area (Å²) in [5.41, 5.74) is 2.41. The summed E-state index contributed by atoms with van der Waals surface area (Å²) in [6, 6.07) is 2.90. The Hall–Kier alpha value is -0.830. The second kappa shape index (κ2) is 7.26. The van der Waals surface area contributed by atoms with Crippen molar-refractivity contribution in [2.45, 2.75) is 72.4 Å². The van der Waals surface area contributed by atoms with Crippen molar-refractivity contribution in [1.29, 1.82) is 0 Å². The minimum atomic E-state index is 0.740. The van der Waals surface area contributed by atoms with Gasteiger partial charge in [0.1, 0.15) is 0 Å². The van der Waals surface area contributed by atoms with E-state index in [9.17, 15) is 0 Å². The van der Waals surface area contributed by atoms with E-state index in [1.807, 2.05) is 0 Å². The fraction of sp³-hybridized carbons (Fsp3) is 0.824. The van der Waals surface area contributed by atoms with Gasteiger partial charge in [0.2, 0.25) is 0 Å². The van der Waals surface area contributed by atoms with E-state index in [-0.39, 0.29) is 0 Å². The van der Waals surface area contributed by atoms with Gasteiger partial charge in [0.15, 0.2) is 0 Å². The van der Waals surface area contributed by atoms with Crippen LogP contribution in [0.25, 0.3) is 0 Å². The third-order valence-electron chi connectivity index (χ3n) is 4.73. The van der Waals surface area contributed by atoms with Crippen molar-refractivity contribution in [2.75, 3.05) is 6.54 Å². The second-order valence-electron chi connectivity index (χ2n) is 6.76. The quantitative estimate of drug-likeness (QED) is 0.804. The lowest BCUT2D eigenvalue weighted by atomic mass is 9.78. The van der Waals surface area contributed by atoms with Crippen LogP contribution in [0, 0.1) is 25.7 Å².